The van der Waals surface area contributed by atoms with E-state index in [0.29, 0.717) is 17.2 Å². The Morgan fingerprint density at radius 1 is 1.03 bits per heavy atom. The van der Waals surface area contributed by atoms with Crippen LogP contribution >= 0.6 is 34.9 Å². The van der Waals surface area contributed by atoms with Crippen molar-refractivity contribution < 1.29 is 14.3 Å². The van der Waals surface area contributed by atoms with E-state index in [-0.39, 0.29) is 11.7 Å². The number of carbonyl (C=O) groups excluding carboxylic acids is 1. The molecule has 0 aliphatic heterocycles. The third kappa shape index (κ3) is 6.98. The van der Waals surface area contributed by atoms with E-state index in [0.717, 1.165) is 20.0 Å². The van der Waals surface area contributed by atoms with Gasteiger partial charge in [0.15, 0.2) is 20.2 Å². The molecule has 1 amide bonds. The number of hydrogen-bond donors (Lipinski definition) is 1. The Labute approximate surface area is 193 Å². The summed E-state index contributed by atoms with van der Waals surface area (Å²) in [5.74, 6) is 2.08. The molecular formula is C21H22N4O3S3. The van der Waals surface area contributed by atoms with E-state index in [2.05, 4.69) is 32.9 Å². The minimum absolute atomic E-state index is 0.209. The molecule has 0 atom stereocenters. The number of amides is 1. The van der Waals surface area contributed by atoms with Crippen LogP contribution in [0.1, 0.15) is 18.1 Å². The molecule has 3 aromatic rings. The largest absolute Gasteiger partial charge is 0.493 e. The van der Waals surface area contributed by atoms with Crippen molar-refractivity contribution in [1.29, 1.82) is 0 Å². The van der Waals surface area contributed by atoms with Crippen LogP contribution in [0.4, 0.5) is 0 Å². The van der Waals surface area contributed by atoms with Crippen LogP contribution in [0.5, 0.6) is 11.5 Å². The van der Waals surface area contributed by atoms with Crippen LogP contribution in [0, 0.1) is 0 Å². The monoisotopic (exact) mass is 474 g/mol. The van der Waals surface area contributed by atoms with E-state index < -0.39 is 0 Å². The summed E-state index contributed by atoms with van der Waals surface area (Å²) in [6, 6.07) is 15.7. The van der Waals surface area contributed by atoms with Crippen molar-refractivity contribution in [1.82, 2.24) is 15.6 Å². The number of ether oxygens (including phenoxy) is 2. The van der Waals surface area contributed by atoms with Crippen molar-refractivity contribution in [2.75, 3.05) is 20.0 Å². The van der Waals surface area contributed by atoms with Gasteiger partial charge in [-0.15, -0.1) is 10.2 Å². The van der Waals surface area contributed by atoms with E-state index in [1.165, 1.54) is 28.7 Å². The minimum atomic E-state index is -0.210. The van der Waals surface area contributed by atoms with Crippen LogP contribution in [-0.4, -0.2) is 41.8 Å². The first-order chi connectivity index (χ1) is 15.1. The van der Waals surface area contributed by atoms with E-state index in [1.54, 1.807) is 32.0 Å². The molecule has 1 heterocycles. The van der Waals surface area contributed by atoms with Crippen LogP contribution in [-0.2, 0) is 10.5 Å². The summed E-state index contributed by atoms with van der Waals surface area (Å²) >= 11 is 4.46. The van der Waals surface area contributed by atoms with Gasteiger partial charge >= 0.3 is 0 Å². The molecule has 7 nitrogen and oxygen atoms in total. The van der Waals surface area contributed by atoms with E-state index in [4.69, 9.17) is 9.47 Å². The van der Waals surface area contributed by atoms with Crippen LogP contribution < -0.4 is 14.9 Å². The lowest BCUT2D eigenvalue weighted by molar-refractivity contribution is -0.118. The topological polar surface area (TPSA) is 85.7 Å². The van der Waals surface area contributed by atoms with Gasteiger partial charge in [-0.05, 0) is 30.7 Å². The zero-order chi connectivity index (χ0) is 22.1. The molecule has 0 spiro atoms. The van der Waals surface area contributed by atoms with Gasteiger partial charge in [0, 0.05) is 11.3 Å². The Morgan fingerprint density at radius 3 is 2.45 bits per heavy atom. The van der Waals surface area contributed by atoms with Crippen molar-refractivity contribution in [2.24, 2.45) is 5.10 Å². The zero-order valence-electron chi connectivity index (χ0n) is 17.3. The number of carbonyl (C=O) groups is 1. The van der Waals surface area contributed by atoms with Gasteiger partial charge in [0.2, 0.25) is 0 Å². The van der Waals surface area contributed by atoms with Gasteiger partial charge in [-0.3, -0.25) is 4.79 Å². The molecule has 2 aromatic carbocycles. The van der Waals surface area contributed by atoms with Gasteiger partial charge in [-0.1, -0.05) is 65.2 Å². The summed E-state index contributed by atoms with van der Waals surface area (Å²) in [7, 11) is 3.16. The van der Waals surface area contributed by atoms with Crippen LogP contribution in [0.3, 0.4) is 0 Å². The second kappa shape index (κ2) is 11.7. The fourth-order valence-electron chi connectivity index (χ4n) is 2.46. The van der Waals surface area contributed by atoms with Gasteiger partial charge in [0.05, 0.1) is 25.7 Å². The fourth-order valence-corrected chi connectivity index (χ4v) is 5.23. The number of nitrogens with one attached hydrogen (secondary N) is 1. The van der Waals surface area contributed by atoms with Gasteiger partial charge in [0.25, 0.3) is 5.91 Å². The molecule has 31 heavy (non-hydrogen) atoms. The summed E-state index contributed by atoms with van der Waals surface area (Å²) < 4.78 is 12.2. The maximum absolute atomic E-state index is 12.2. The summed E-state index contributed by atoms with van der Waals surface area (Å²) in [5, 5.41) is 12.5. The lowest BCUT2D eigenvalue weighted by atomic mass is 10.1. The number of methoxy groups -OCH3 is 2. The maximum atomic E-state index is 12.2. The second-order valence-corrected chi connectivity index (χ2v) is 9.62. The standard InChI is InChI=1S/C21H22N4O3S3/c1-14(16-9-10-17(27-2)18(11-16)28-3)22-23-19(26)13-30-21-25-24-20(31-21)29-12-15-7-5-4-6-8-15/h4-11H,12-13H2,1-3H3,(H,23,26)/b22-14-. The lowest BCUT2D eigenvalue weighted by Gasteiger charge is -2.09. The number of nitrogens with zero attached hydrogens (tertiary/aromatic N) is 3. The molecule has 0 saturated heterocycles. The molecule has 10 heteroatoms. The molecule has 0 unspecified atom stereocenters. The van der Waals surface area contributed by atoms with Gasteiger partial charge < -0.3 is 9.47 Å². The van der Waals surface area contributed by atoms with Crippen LogP contribution in [0.2, 0.25) is 0 Å². The highest BCUT2D eigenvalue weighted by Crippen LogP contribution is 2.30. The van der Waals surface area contributed by atoms with E-state index in [9.17, 15) is 4.79 Å². The average molecular weight is 475 g/mol. The molecule has 1 N–H and O–H groups in total. The van der Waals surface area contributed by atoms with Crippen molar-refractivity contribution >= 4 is 46.5 Å². The first kappa shape index (κ1) is 23.1. The average Bonchev–Trinajstić information content (AvgIpc) is 3.28. The molecule has 0 fully saturated rings. The summed E-state index contributed by atoms with van der Waals surface area (Å²) in [6.07, 6.45) is 0. The Bertz CT molecular complexity index is 1040. The molecule has 162 valence electrons. The fraction of sp³-hybridized carbons (Fsp3) is 0.238. The molecule has 0 bridgehead atoms. The third-order valence-electron chi connectivity index (χ3n) is 4.07. The molecule has 3 rings (SSSR count). The smallest absolute Gasteiger partial charge is 0.250 e. The Hall–Kier alpha value is -2.56. The molecule has 1 aromatic heterocycles. The minimum Gasteiger partial charge on any atom is -0.493 e. The number of hydrazone groups is 1. The number of aromatic nitrogens is 2. The van der Waals surface area contributed by atoms with Crippen molar-refractivity contribution in [3.05, 3.63) is 59.7 Å². The number of benzene rings is 2. The quantitative estimate of drug-likeness (QED) is 0.263. The Kier molecular flexibility index (Phi) is 8.74. The lowest BCUT2D eigenvalue weighted by Crippen LogP contribution is -2.21. The van der Waals surface area contributed by atoms with E-state index in [1.807, 2.05) is 37.3 Å². The predicted octanol–water partition coefficient (Wildman–Crippen LogP) is 4.48. The molecular weight excluding hydrogens is 452 g/mol. The molecule has 0 saturated carbocycles. The Balaban J connectivity index is 1.47. The molecule has 0 radical (unpaired) electrons. The number of thioether (sulfide) groups is 2. The van der Waals surface area contributed by atoms with Crippen molar-refractivity contribution in [2.45, 2.75) is 21.4 Å². The second-order valence-electron chi connectivity index (χ2n) is 6.20. The number of hydrogen-bond acceptors (Lipinski definition) is 9. The van der Waals surface area contributed by atoms with E-state index >= 15 is 0 Å². The highest BCUT2D eigenvalue weighted by Gasteiger charge is 2.10. The summed E-state index contributed by atoms with van der Waals surface area (Å²) in [4.78, 5) is 12.2. The predicted molar refractivity (Wildman–Crippen MR) is 127 cm³/mol. The van der Waals surface area contributed by atoms with Crippen LogP contribution in [0.15, 0.2) is 62.3 Å². The van der Waals surface area contributed by atoms with Gasteiger partial charge in [0.1, 0.15) is 0 Å². The van der Waals surface area contributed by atoms with Crippen molar-refractivity contribution in [3.63, 3.8) is 0 Å². The summed E-state index contributed by atoms with van der Waals surface area (Å²) in [5.41, 5.74) is 5.30. The Morgan fingerprint density at radius 2 is 1.74 bits per heavy atom. The first-order valence-corrected chi connectivity index (χ1v) is 12.1. The molecule has 0 aliphatic carbocycles. The molecule has 0 aliphatic rings. The summed E-state index contributed by atoms with van der Waals surface area (Å²) in [6.45, 7) is 1.82. The van der Waals surface area contributed by atoms with Crippen molar-refractivity contribution in [3.8, 4) is 11.5 Å². The highest BCUT2D eigenvalue weighted by molar-refractivity contribution is 8.03. The first-order valence-electron chi connectivity index (χ1n) is 9.27. The third-order valence-corrected chi connectivity index (χ3v) is 7.33. The van der Waals surface area contributed by atoms with Gasteiger partial charge in [-0.2, -0.15) is 5.10 Å². The van der Waals surface area contributed by atoms with Gasteiger partial charge in [-0.25, -0.2) is 5.43 Å². The highest BCUT2D eigenvalue weighted by atomic mass is 32.2. The van der Waals surface area contributed by atoms with Crippen LogP contribution in [0.25, 0.3) is 0 Å². The normalized spacial score (nSPS) is 11.3. The maximum Gasteiger partial charge on any atom is 0.250 e. The number of rotatable bonds is 10. The zero-order valence-corrected chi connectivity index (χ0v) is 19.8. The SMILES string of the molecule is COc1ccc(/C(C)=N\NC(=O)CSc2nnc(SCc3ccccc3)s2)cc1OC.